The maximum atomic E-state index is 5.11. The van der Waals surface area contributed by atoms with Crippen molar-refractivity contribution in [2.75, 3.05) is 0 Å². The summed E-state index contributed by atoms with van der Waals surface area (Å²) in [5, 5.41) is 5.93. The Morgan fingerprint density at radius 2 is 1.05 bits per heavy atom. The van der Waals surface area contributed by atoms with Crippen molar-refractivity contribution in [3.05, 3.63) is 168 Å². The summed E-state index contributed by atoms with van der Waals surface area (Å²) in [6, 6.07) is 52.9. The lowest BCUT2D eigenvalue weighted by molar-refractivity contribution is 0.674. The average molecular weight is 514 g/mol. The fourth-order valence-electron chi connectivity index (χ4n) is 5.28. The Balaban J connectivity index is 1.36. The lowest BCUT2D eigenvalue weighted by Crippen LogP contribution is -2.33. The summed E-state index contributed by atoms with van der Waals surface area (Å²) in [4.78, 5) is 10.2. The van der Waals surface area contributed by atoms with E-state index in [1.165, 1.54) is 27.6 Å². The van der Waals surface area contributed by atoms with E-state index in [9.17, 15) is 0 Å². The molecule has 0 amide bonds. The molecule has 0 spiro atoms. The van der Waals surface area contributed by atoms with Crippen molar-refractivity contribution < 1.29 is 0 Å². The van der Waals surface area contributed by atoms with Crippen LogP contribution in [0.1, 0.15) is 22.9 Å². The first kappa shape index (κ1) is 23.8. The molecule has 1 heterocycles. The van der Waals surface area contributed by atoms with Gasteiger partial charge in [0.15, 0.2) is 5.84 Å². The Bertz CT molecular complexity index is 1840. The Morgan fingerprint density at radius 1 is 0.475 bits per heavy atom. The van der Waals surface area contributed by atoms with Gasteiger partial charge in [-0.05, 0) is 50.7 Å². The van der Waals surface area contributed by atoms with Gasteiger partial charge in [0.2, 0.25) is 0 Å². The molecule has 3 nitrogen and oxygen atoms in total. The molecule has 190 valence electrons. The maximum Gasteiger partial charge on any atom is 0.159 e. The van der Waals surface area contributed by atoms with E-state index in [0.29, 0.717) is 0 Å². The van der Waals surface area contributed by atoms with Crippen LogP contribution in [0.2, 0.25) is 0 Å². The van der Waals surface area contributed by atoms with Crippen LogP contribution >= 0.6 is 0 Å². The van der Waals surface area contributed by atoms with Crippen LogP contribution in [-0.4, -0.2) is 11.7 Å². The van der Waals surface area contributed by atoms with Crippen LogP contribution in [0.25, 0.3) is 33.0 Å². The molecule has 6 aromatic rings. The lowest BCUT2D eigenvalue weighted by atomic mass is 9.93. The highest BCUT2D eigenvalue weighted by molar-refractivity contribution is 6.15. The minimum atomic E-state index is -0.232. The topological polar surface area (TPSA) is 36.8 Å². The van der Waals surface area contributed by atoms with Crippen LogP contribution in [0, 0.1) is 0 Å². The van der Waals surface area contributed by atoms with Gasteiger partial charge in [-0.15, -0.1) is 0 Å². The van der Waals surface area contributed by atoms with Crippen molar-refractivity contribution in [1.29, 1.82) is 0 Å². The molecule has 40 heavy (non-hydrogen) atoms. The van der Waals surface area contributed by atoms with E-state index in [0.717, 1.165) is 33.7 Å². The van der Waals surface area contributed by atoms with E-state index in [1.807, 2.05) is 42.5 Å². The third-order valence-corrected chi connectivity index (χ3v) is 7.33. The summed E-state index contributed by atoms with van der Waals surface area (Å²) >= 11 is 0. The van der Waals surface area contributed by atoms with E-state index < -0.39 is 0 Å². The van der Waals surface area contributed by atoms with Crippen LogP contribution in [0.3, 0.4) is 0 Å². The number of amidine groups is 2. The first-order chi connectivity index (χ1) is 19.8. The van der Waals surface area contributed by atoms with Gasteiger partial charge in [0, 0.05) is 11.1 Å². The summed E-state index contributed by atoms with van der Waals surface area (Å²) < 4.78 is 0. The van der Waals surface area contributed by atoms with E-state index in [2.05, 4.69) is 115 Å². The Hall–Kier alpha value is -5.28. The number of nitrogens with one attached hydrogen (secondary N) is 1. The Labute approximate surface area is 234 Å². The molecule has 3 heteroatoms. The van der Waals surface area contributed by atoms with Gasteiger partial charge < -0.3 is 5.32 Å². The second-order valence-electron chi connectivity index (χ2n) is 9.93. The molecule has 1 aliphatic rings. The van der Waals surface area contributed by atoms with Crippen LogP contribution in [0.5, 0.6) is 0 Å². The van der Waals surface area contributed by atoms with Crippen molar-refractivity contribution in [2.24, 2.45) is 9.98 Å². The fraction of sp³-hybridized carbons (Fsp3) is 0.0270. The standard InChI is InChI=1S/C37H27N3/c1-4-12-26(13-5-1)27-20-22-28(23-21-27)34-25-32(24-31-18-10-11-19-33(31)34)37-39-35(29-14-6-2-7-15-29)38-36(40-37)30-16-8-3-9-17-30/h1-25,35H,(H,38,39,40). The maximum absolute atomic E-state index is 5.11. The van der Waals surface area contributed by atoms with Gasteiger partial charge in [-0.25, -0.2) is 9.98 Å². The van der Waals surface area contributed by atoms with E-state index in [-0.39, 0.29) is 6.17 Å². The van der Waals surface area contributed by atoms with E-state index in [1.54, 1.807) is 0 Å². The molecule has 0 saturated carbocycles. The molecule has 0 aliphatic carbocycles. The summed E-state index contributed by atoms with van der Waals surface area (Å²) in [7, 11) is 0. The number of nitrogens with zero attached hydrogens (tertiary/aromatic N) is 2. The number of aliphatic imine (C=N–C) groups is 2. The molecule has 1 aliphatic heterocycles. The fourth-order valence-corrected chi connectivity index (χ4v) is 5.28. The van der Waals surface area contributed by atoms with Gasteiger partial charge in [-0.3, -0.25) is 0 Å². The number of hydrogen-bond acceptors (Lipinski definition) is 3. The average Bonchev–Trinajstić information content (AvgIpc) is 3.05. The molecule has 7 rings (SSSR count). The van der Waals surface area contributed by atoms with Gasteiger partial charge in [0.05, 0.1) is 0 Å². The highest BCUT2D eigenvalue weighted by Crippen LogP contribution is 2.33. The number of fused-ring (bicyclic) bond motifs is 1. The molecule has 0 saturated heterocycles. The van der Waals surface area contributed by atoms with Crippen molar-refractivity contribution in [3.63, 3.8) is 0 Å². The highest BCUT2D eigenvalue weighted by atomic mass is 15.2. The third-order valence-electron chi connectivity index (χ3n) is 7.33. The molecular formula is C37H27N3. The first-order valence-electron chi connectivity index (χ1n) is 13.5. The monoisotopic (exact) mass is 513 g/mol. The normalized spacial score (nSPS) is 14.8. The molecule has 6 aromatic carbocycles. The van der Waals surface area contributed by atoms with Crippen LogP contribution < -0.4 is 5.32 Å². The van der Waals surface area contributed by atoms with E-state index >= 15 is 0 Å². The zero-order valence-corrected chi connectivity index (χ0v) is 21.9. The summed E-state index contributed by atoms with van der Waals surface area (Å²) in [6.45, 7) is 0. The number of hydrogen-bond donors (Lipinski definition) is 1. The van der Waals surface area contributed by atoms with Gasteiger partial charge in [0.1, 0.15) is 12.0 Å². The van der Waals surface area contributed by atoms with Crippen LogP contribution in [-0.2, 0) is 0 Å². The number of rotatable bonds is 5. The second-order valence-corrected chi connectivity index (χ2v) is 9.93. The molecule has 0 aromatic heterocycles. The smallest absolute Gasteiger partial charge is 0.159 e. The van der Waals surface area contributed by atoms with Gasteiger partial charge in [0.25, 0.3) is 0 Å². The molecular weight excluding hydrogens is 486 g/mol. The minimum Gasteiger partial charge on any atom is -0.344 e. The number of benzene rings is 6. The summed E-state index contributed by atoms with van der Waals surface area (Å²) in [5.74, 6) is 1.54. The summed E-state index contributed by atoms with van der Waals surface area (Å²) in [5.41, 5.74) is 7.88. The van der Waals surface area contributed by atoms with Gasteiger partial charge in [-0.2, -0.15) is 0 Å². The second kappa shape index (κ2) is 10.5. The third kappa shape index (κ3) is 4.70. The molecule has 0 bridgehead atoms. The van der Waals surface area contributed by atoms with Crippen molar-refractivity contribution in [3.8, 4) is 22.3 Å². The molecule has 1 unspecified atom stereocenters. The zero-order chi connectivity index (χ0) is 26.7. The van der Waals surface area contributed by atoms with Gasteiger partial charge >= 0.3 is 0 Å². The van der Waals surface area contributed by atoms with Crippen LogP contribution in [0.15, 0.2) is 162 Å². The van der Waals surface area contributed by atoms with Crippen LogP contribution in [0.4, 0.5) is 0 Å². The van der Waals surface area contributed by atoms with Gasteiger partial charge in [-0.1, -0.05) is 140 Å². The predicted molar refractivity (Wildman–Crippen MR) is 167 cm³/mol. The van der Waals surface area contributed by atoms with Crippen molar-refractivity contribution >= 4 is 22.4 Å². The SMILES string of the molecule is c1ccc(C2=NC(c3cc(-c4ccc(-c5ccccc5)cc4)c4ccccc4c3)=NC(c3ccccc3)N2)cc1. The van der Waals surface area contributed by atoms with Crippen molar-refractivity contribution in [1.82, 2.24) is 5.32 Å². The zero-order valence-electron chi connectivity index (χ0n) is 21.9. The first-order valence-corrected chi connectivity index (χ1v) is 13.5. The molecule has 1 atom stereocenters. The molecule has 0 radical (unpaired) electrons. The van der Waals surface area contributed by atoms with Crippen molar-refractivity contribution in [2.45, 2.75) is 6.17 Å². The Morgan fingerprint density at radius 3 is 1.77 bits per heavy atom. The minimum absolute atomic E-state index is 0.232. The molecule has 1 N–H and O–H groups in total. The predicted octanol–water partition coefficient (Wildman–Crippen LogP) is 8.67. The largest absolute Gasteiger partial charge is 0.344 e. The van der Waals surface area contributed by atoms with E-state index in [4.69, 9.17) is 9.98 Å². The molecule has 0 fully saturated rings. The summed E-state index contributed by atoms with van der Waals surface area (Å²) in [6.07, 6.45) is -0.232. The highest BCUT2D eigenvalue weighted by Gasteiger charge is 2.21. The Kier molecular flexibility index (Phi) is 6.23. The quantitative estimate of drug-likeness (QED) is 0.246. The lowest BCUT2D eigenvalue weighted by Gasteiger charge is -2.24.